The molecule has 0 heterocycles. The van der Waals surface area contributed by atoms with Gasteiger partial charge in [-0.25, -0.2) is 9.13 Å². The van der Waals surface area contributed by atoms with Gasteiger partial charge in [-0.2, -0.15) is 0 Å². The molecule has 3 N–H and O–H groups in total. The summed E-state index contributed by atoms with van der Waals surface area (Å²) in [6.45, 7) is 14.0. The lowest BCUT2D eigenvalue weighted by Crippen LogP contribution is -2.30. The van der Waals surface area contributed by atoms with Gasteiger partial charge in [0.15, 0.2) is 12.2 Å². The summed E-state index contributed by atoms with van der Waals surface area (Å²) in [5.41, 5.74) is 0. The zero-order chi connectivity index (χ0) is 62.5. The van der Waals surface area contributed by atoms with Crippen molar-refractivity contribution in [1.29, 1.82) is 0 Å². The normalized spacial score (nSPS) is 15.4. The van der Waals surface area contributed by atoms with Crippen molar-refractivity contribution in [3.63, 3.8) is 0 Å². The van der Waals surface area contributed by atoms with Gasteiger partial charge < -0.3 is 33.8 Å². The number of unbranched alkanes of at least 4 members (excludes halogenated alkanes) is 25. The Morgan fingerprint density at radius 2 is 0.571 bits per heavy atom. The van der Waals surface area contributed by atoms with Gasteiger partial charge in [0, 0.05) is 25.7 Å². The SMILES string of the molecule is CCC(C)CCCCCCCCCCCCC(=O)O[C@H](COC(=O)CCCCCCCCC(C)CC)COP(=O)(O)OC[C@H](O)COP(=O)(O)OC[C@@H](COC(=O)CCCCCCCCC(C)CC)OC(=O)CCCCCCCCCC(C)C. The molecule has 0 spiro atoms. The lowest BCUT2D eigenvalue weighted by atomic mass is 9.99. The van der Waals surface area contributed by atoms with Gasteiger partial charge in [-0.05, 0) is 49.4 Å². The molecule has 5 unspecified atom stereocenters. The van der Waals surface area contributed by atoms with Gasteiger partial charge in [0.2, 0.25) is 0 Å². The van der Waals surface area contributed by atoms with Crippen LogP contribution in [0.25, 0.3) is 0 Å². The topological polar surface area (TPSA) is 237 Å². The predicted molar refractivity (Wildman–Crippen MR) is 335 cm³/mol. The number of phosphoric acid groups is 2. The van der Waals surface area contributed by atoms with Crippen LogP contribution in [0.5, 0.6) is 0 Å². The maximum Gasteiger partial charge on any atom is 0.472 e. The van der Waals surface area contributed by atoms with E-state index in [4.69, 9.17) is 37.0 Å². The molecule has 0 aliphatic carbocycles. The van der Waals surface area contributed by atoms with E-state index in [1.807, 2.05) is 0 Å². The van der Waals surface area contributed by atoms with E-state index in [9.17, 15) is 43.2 Å². The van der Waals surface area contributed by atoms with Gasteiger partial charge in [-0.15, -0.1) is 0 Å². The monoisotopic (exact) mass is 1240 g/mol. The number of ether oxygens (including phenoxy) is 4. The molecule has 0 saturated heterocycles. The van der Waals surface area contributed by atoms with Gasteiger partial charge in [0.05, 0.1) is 26.4 Å². The van der Waals surface area contributed by atoms with Crippen LogP contribution in [-0.2, 0) is 65.4 Å². The average Bonchev–Trinajstić information content (AvgIpc) is 3.47. The summed E-state index contributed by atoms with van der Waals surface area (Å²) in [5.74, 6) is 0.820. The van der Waals surface area contributed by atoms with E-state index in [-0.39, 0.29) is 25.7 Å². The Kier molecular flexibility index (Phi) is 53.9. The Balaban J connectivity index is 5.26. The summed E-state index contributed by atoms with van der Waals surface area (Å²) in [6, 6.07) is 0. The summed E-state index contributed by atoms with van der Waals surface area (Å²) >= 11 is 0. The Bertz CT molecular complexity index is 1680. The Labute approximate surface area is 511 Å². The van der Waals surface area contributed by atoms with Crippen LogP contribution in [-0.4, -0.2) is 96.7 Å². The molecule has 17 nitrogen and oxygen atoms in total. The molecule has 0 fully saturated rings. The van der Waals surface area contributed by atoms with Crippen LogP contribution in [0, 0.1) is 23.7 Å². The van der Waals surface area contributed by atoms with E-state index in [1.54, 1.807) is 0 Å². The van der Waals surface area contributed by atoms with E-state index >= 15 is 0 Å². The van der Waals surface area contributed by atoms with Crippen molar-refractivity contribution in [3.05, 3.63) is 0 Å². The fourth-order valence-electron chi connectivity index (χ4n) is 9.51. The molecule has 0 aliphatic rings. The summed E-state index contributed by atoms with van der Waals surface area (Å²) in [5, 5.41) is 10.5. The summed E-state index contributed by atoms with van der Waals surface area (Å²) in [7, 11) is -9.89. The van der Waals surface area contributed by atoms with Crippen molar-refractivity contribution < 1.29 is 80.2 Å². The third kappa shape index (κ3) is 55.4. The lowest BCUT2D eigenvalue weighted by Gasteiger charge is -2.21. The molecule has 0 amide bonds. The maximum atomic E-state index is 13.0. The molecule has 0 rings (SSSR count). The molecule has 0 aliphatic heterocycles. The zero-order valence-corrected chi connectivity index (χ0v) is 56.3. The molecule has 0 saturated carbocycles. The number of hydrogen-bond acceptors (Lipinski definition) is 15. The first-order valence-electron chi connectivity index (χ1n) is 33.8. The third-order valence-corrected chi connectivity index (χ3v) is 17.8. The standard InChI is InChI=1S/C65H126O17P2/c1-9-56(6)42-34-26-18-14-12-13-15-19-31-39-47-64(69)81-60(51-75-62(67)45-37-29-23-21-27-35-43-57(7)10-2)53-79-83(71,72)77-49-59(66)50-78-84(73,74)80-54-61(82-65(70)48-40-32-20-16-17-25-33-41-55(4)5)52-76-63(68)46-38-30-24-22-28-36-44-58(8)11-3/h55-61,66H,9-54H2,1-8H3,(H,71,72)(H,73,74)/t56?,57?,58?,59-,60+,61+/m0/s1. The Hall–Kier alpha value is -1.94. The number of carbonyl (C=O) groups excluding carboxylic acids is 4. The second-order valence-electron chi connectivity index (χ2n) is 24.7. The highest BCUT2D eigenvalue weighted by atomic mass is 31.2. The summed E-state index contributed by atoms with van der Waals surface area (Å²) < 4.78 is 68.0. The first kappa shape index (κ1) is 82.1. The van der Waals surface area contributed by atoms with Gasteiger partial charge in [-0.1, -0.05) is 261 Å². The Morgan fingerprint density at radius 3 is 0.845 bits per heavy atom. The fourth-order valence-corrected chi connectivity index (χ4v) is 11.1. The van der Waals surface area contributed by atoms with Gasteiger partial charge in [0.25, 0.3) is 0 Å². The molecule has 0 aromatic rings. The van der Waals surface area contributed by atoms with Crippen molar-refractivity contribution in [2.24, 2.45) is 23.7 Å². The number of rotatable bonds is 62. The largest absolute Gasteiger partial charge is 0.472 e. The average molecular weight is 1240 g/mol. The highest BCUT2D eigenvalue weighted by molar-refractivity contribution is 7.47. The molecule has 8 atom stereocenters. The molecule has 0 bridgehead atoms. The third-order valence-electron chi connectivity index (χ3n) is 15.9. The highest BCUT2D eigenvalue weighted by Gasteiger charge is 2.30. The summed E-state index contributed by atoms with van der Waals surface area (Å²) in [6.07, 6.45) is 34.9. The zero-order valence-electron chi connectivity index (χ0n) is 54.5. The molecule has 0 aromatic carbocycles. The van der Waals surface area contributed by atoms with Crippen molar-refractivity contribution in [1.82, 2.24) is 0 Å². The summed E-state index contributed by atoms with van der Waals surface area (Å²) in [4.78, 5) is 72.3. The van der Waals surface area contributed by atoms with E-state index in [0.29, 0.717) is 31.6 Å². The van der Waals surface area contributed by atoms with Crippen LogP contribution in [0.2, 0.25) is 0 Å². The smallest absolute Gasteiger partial charge is 0.462 e. The second-order valence-corrected chi connectivity index (χ2v) is 27.6. The minimum absolute atomic E-state index is 0.102. The molecule has 0 radical (unpaired) electrons. The van der Waals surface area contributed by atoms with Crippen LogP contribution in [0.1, 0.15) is 312 Å². The predicted octanol–water partition coefficient (Wildman–Crippen LogP) is 17.8. The van der Waals surface area contributed by atoms with Crippen LogP contribution in [0.3, 0.4) is 0 Å². The van der Waals surface area contributed by atoms with Crippen molar-refractivity contribution in [2.75, 3.05) is 39.6 Å². The number of hydrogen-bond donors (Lipinski definition) is 3. The van der Waals surface area contributed by atoms with Crippen LogP contribution < -0.4 is 0 Å². The highest BCUT2D eigenvalue weighted by Crippen LogP contribution is 2.45. The van der Waals surface area contributed by atoms with Gasteiger partial charge >= 0.3 is 39.5 Å². The molecular weight excluding hydrogens is 1110 g/mol. The Morgan fingerprint density at radius 1 is 0.333 bits per heavy atom. The van der Waals surface area contributed by atoms with Crippen molar-refractivity contribution >= 4 is 39.5 Å². The first-order valence-corrected chi connectivity index (χ1v) is 36.8. The molecular formula is C65H126O17P2. The number of esters is 4. The number of aliphatic hydroxyl groups excluding tert-OH is 1. The number of carbonyl (C=O) groups is 4. The van der Waals surface area contributed by atoms with Crippen LogP contribution in [0.4, 0.5) is 0 Å². The first-order chi connectivity index (χ1) is 40.2. The van der Waals surface area contributed by atoms with Crippen molar-refractivity contribution in [2.45, 2.75) is 331 Å². The number of phosphoric ester groups is 2. The minimum atomic E-state index is -4.95. The van der Waals surface area contributed by atoms with E-state index in [2.05, 4.69) is 55.4 Å². The lowest BCUT2D eigenvalue weighted by molar-refractivity contribution is -0.161. The maximum absolute atomic E-state index is 13.0. The van der Waals surface area contributed by atoms with E-state index in [0.717, 1.165) is 120 Å². The quantitative estimate of drug-likeness (QED) is 0.0222. The van der Waals surface area contributed by atoms with E-state index in [1.165, 1.54) is 103 Å². The van der Waals surface area contributed by atoms with Crippen LogP contribution in [0.15, 0.2) is 0 Å². The van der Waals surface area contributed by atoms with E-state index < -0.39 is 97.5 Å². The van der Waals surface area contributed by atoms with Crippen molar-refractivity contribution in [3.8, 4) is 0 Å². The van der Waals surface area contributed by atoms with Gasteiger partial charge in [-0.3, -0.25) is 37.3 Å². The van der Waals surface area contributed by atoms with Gasteiger partial charge in [0.1, 0.15) is 19.3 Å². The minimum Gasteiger partial charge on any atom is -0.462 e. The number of aliphatic hydroxyl groups is 1. The second kappa shape index (κ2) is 55.2. The van der Waals surface area contributed by atoms with Crippen LogP contribution >= 0.6 is 15.6 Å². The molecule has 84 heavy (non-hydrogen) atoms. The molecule has 498 valence electrons. The molecule has 19 heteroatoms. The fraction of sp³-hybridized carbons (Fsp3) is 0.938. The molecule has 0 aromatic heterocycles.